The molecule has 1 fully saturated rings. The molecule has 1 aromatic rings. The fourth-order valence-corrected chi connectivity index (χ4v) is 8.13. The van der Waals surface area contributed by atoms with E-state index in [1.165, 1.54) is 32.2 Å². The Hall–Kier alpha value is -1.62. The molecular formula is C23H36O4Si. The van der Waals surface area contributed by atoms with Gasteiger partial charge in [-0.1, -0.05) is 87.3 Å². The number of methoxy groups -OCH3 is 2. The van der Waals surface area contributed by atoms with Crippen molar-refractivity contribution >= 4 is 25.2 Å². The Balaban J connectivity index is 2.30. The first-order chi connectivity index (χ1) is 13.3. The first-order valence-corrected chi connectivity index (χ1v) is 13.7. The van der Waals surface area contributed by atoms with Gasteiger partial charge in [0.15, 0.2) is 5.41 Å². The average Bonchev–Trinajstić information content (AvgIpc) is 3.06. The molecule has 0 radical (unpaired) electrons. The molecule has 0 spiro atoms. The van der Waals surface area contributed by atoms with Crippen molar-refractivity contribution < 1.29 is 19.1 Å². The Morgan fingerprint density at radius 3 is 2.11 bits per heavy atom. The van der Waals surface area contributed by atoms with E-state index in [1.807, 2.05) is 0 Å². The molecule has 4 nitrogen and oxygen atoms in total. The van der Waals surface area contributed by atoms with E-state index in [0.717, 1.165) is 18.9 Å². The van der Waals surface area contributed by atoms with Crippen molar-refractivity contribution in [3.05, 3.63) is 30.3 Å². The van der Waals surface area contributed by atoms with Crippen molar-refractivity contribution in [1.29, 1.82) is 0 Å². The van der Waals surface area contributed by atoms with Gasteiger partial charge in [0, 0.05) is 0 Å². The Kier molecular flexibility index (Phi) is 7.87. The van der Waals surface area contributed by atoms with E-state index in [-0.39, 0.29) is 0 Å². The van der Waals surface area contributed by atoms with Gasteiger partial charge in [-0.3, -0.25) is 9.59 Å². The molecule has 1 aromatic carbocycles. The SMILES string of the molecule is CCCCC[C@@H]1CC(C(=O)OC)(C(=O)OC)C[C@H]1C[Si](C)(C)c1ccccc1. The summed E-state index contributed by atoms with van der Waals surface area (Å²) in [5, 5.41) is 1.43. The highest BCUT2D eigenvalue weighted by Crippen LogP contribution is 2.51. The highest BCUT2D eigenvalue weighted by molar-refractivity contribution is 6.89. The topological polar surface area (TPSA) is 52.6 Å². The largest absolute Gasteiger partial charge is 0.468 e. The summed E-state index contributed by atoms with van der Waals surface area (Å²) in [5.41, 5.74) is -1.13. The predicted octanol–water partition coefficient (Wildman–Crippen LogP) is 4.54. The summed E-state index contributed by atoms with van der Waals surface area (Å²) in [4.78, 5) is 25.4. The van der Waals surface area contributed by atoms with Crippen molar-refractivity contribution in [2.24, 2.45) is 17.3 Å². The lowest BCUT2D eigenvalue weighted by atomic mass is 9.84. The summed E-state index contributed by atoms with van der Waals surface area (Å²) in [6, 6.07) is 11.8. The molecule has 5 heteroatoms. The normalized spacial score (nSPS) is 21.3. The van der Waals surface area contributed by atoms with Crippen molar-refractivity contribution in [2.75, 3.05) is 14.2 Å². The van der Waals surface area contributed by atoms with Crippen LogP contribution in [0.5, 0.6) is 0 Å². The maximum atomic E-state index is 12.7. The van der Waals surface area contributed by atoms with Crippen molar-refractivity contribution in [1.82, 2.24) is 0 Å². The number of benzene rings is 1. The Labute approximate surface area is 171 Å². The smallest absolute Gasteiger partial charge is 0.323 e. The summed E-state index contributed by atoms with van der Waals surface area (Å²) in [6.45, 7) is 6.98. The maximum Gasteiger partial charge on any atom is 0.323 e. The summed E-state index contributed by atoms with van der Waals surface area (Å²) >= 11 is 0. The number of rotatable bonds is 9. The zero-order valence-corrected chi connectivity index (χ0v) is 19.1. The molecule has 0 heterocycles. The van der Waals surface area contributed by atoms with Crippen molar-refractivity contribution in [3.63, 3.8) is 0 Å². The first-order valence-electron chi connectivity index (χ1n) is 10.5. The van der Waals surface area contributed by atoms with Crippen LogP contribution in [0.3, 0.4) is 0 Å². The van der Waals surface area contributed by atoms with E-state index in [9.17, 15) is 9.59 Å². The Morgan fingerprint density at radius 1 is 1.00 bits per heavy atom. The molecule has 0 saturated heterocycles. The third-order valence-electron chi connectivity index (χ3n) is 6.55. The van der Waals surface area contributed by atoms with Gasteiger partial charge >= 0.3 is 11.9 Å². The van der Waals surface area contributed by atoms with Gasteiger partial charge in [-0.05, 0) is 24.7 Å². The molecule has 0 amide bonds. The summed E-state index contributed by atoms with van der Waals surface area (Å²) < 4.78 is 10.1. The molecular weight excluding hydrogens is 368 g/mol. The van der Waals surface area contributed by atoms with Crippen LogP contribution in [0.15, 0.2) is 30.3 Å². The highest BCUT2D eigenvalue weighted by atomic mass is 28.3. The fourth-order valence-electron chi connectivity index (χ4n) is 5.02. The van der Waals surface area contributed by atoms with E-state index in [0.29, 0.717) is 24.7 Å². The van der Waals surface area contributed by atoms with E-state index in [1.54, 1.807) is 0 Å². The number of hydrogen-bond acceptors (Lipinski definition) is 4. The van der Waals surface area contributed by atoms with Gasteiger partial charge in [-0.25, -0.2) is 0 Å². The van der Waals surface area contributed by atoms with Gasteiger partial charge < -0.3 is 9.47 Å². The lowest BCUT2D eigenvalue weighted by Crippen LogP contribution is -2.43. The summed E-state index contributed by atoms with van der Waals surface area (Å²) in [7, 11) is 1.05. The molecule has 28 heavy (non-hydrogen) atoms. The quantitative estimate of drug-likeness (QED) is 0.262. The molecule has 0 bridgehead atoms. The van der Waals surface area contributed by atoms with Gasteiger partial charge in [0.2, 0.25) is 0 Å². The van der Waals surface area contributed by atoms with Crippen LogP contribution in [-0.4, -0.2) is 34.2 Å². The minimum atomic E-state index is -1.69. The molecule has 0 N–H and O–H groups in total. The van der Waals surface area contributed by atoms with Gasteiger partial charge in [0.1, 0.15) is 0 Å². The number of ether oxygens (including phenoxy) is 2. The Morgan fingerprint density at radius 2 is 1.57 bits per heavy atom. The number of hydrogen-bond donors (Lipinski definition) is 0. The van der Waals surface area contributed by atoms with E-state index < -0.39 is 25.4 Å². The van der Waals surface area contributed by atoms with Crippen LogP contribution >= 0.6 is 0 Å². The molecule has 0 aromatic heterocycles. The van der Waals surface area contributed by atoms with Crippen LogP contribution in [0.25, 0.3) is 0 Å². The van der Waals surface area contributed by atoms with Crippen LogP contribution in [0, 0.1) is 17.3 Å². The molecule has 0 aliphatic heterocycles. The van der Waals surface area contributed by atoms with Crippen LogP contribution in [0.2, 0.25) is 19.1 Å². The van der Waals surface area contributed by atoms with Gasteiger partial charge in [0.05, 0.1) is 22.3 Å². The highest BCUT2D eigenvalue weighted by Gasteiger charge is 2.57. The zero-order chi connectivity index (χ0) is 20.8. The lowest BCUT2D eigenvalue weighted by molar-refractivity contribution is -0.169. The first kappa shape index (κ1) is 22.7. The second-order valence-corrected chi connectivity index (χ2v) is 13.7. The monoisotopic (exact) mass is 404 g/mol. The average molecular weight is 405 g/mol. The standard InChI is InChI=1S/C23H36O4Si/c1-6-7-9-12-18-15-23(21(24)26-2,22(25)27-3)16-19(18)17-28(4,5)20-13-10-8-11-14-20/h8,10-11,13-14,18-19H,6-7,9,12,15-17H2,1-5H3/t18-,19+/m1/s1. The second kappa shape index (κ2) is 9.73. The molecule has 1 aliphatic rings. The molecule has 0 unspecified atom stereocenters. The molecule has 2 atom stereocenters. The van der Waals surface area contributed by atoms with E-state index in [2.05, 4.69) is 50.3 Å². The zero-order valence-electron chi connectivity index (χ0n) is 18.1. The molecule has 156 valence electrons. The van der Waals surface area contributed by atoms with Crippen LogP contribution < -0.4 is 5.19 Å². The number of esters is 2. The number of carbonyl (C=O) groups is 2. The number of unbranched alkanes of at least 4 members (excludes halogenated alkanes) is 2. The Bertz CT molecular complexity index is 640. The third kappa shape index (κ3) is 4.86. The molecule has 2 rings (SSSR count). The molecule has 1 aliphatic carbocycles. The van der Waals surface area contributed by atoms with E-state index >= 15 is 0 Å². The van der Waals surface area contributed by atoms with Gasteiger partial charge in [0.25, 0.3) is 0 Å². The van der Waals surface area contributed by atoms with Crippen molar-refractivity contribution in [3.8, 4) is 0 Å². The number of carbonyl (C=O) groups excluding carboxylic acids is 2. The van der Waals surface area contributed by atoms with Crippen LogP contribution in [-0.2, 0) is 19.1 Å². The summed E-state index contributed by atoms with van der Waals surface area (Å²) in [6.07, 6.45) is 5.66. The van der Waals surface area contributed by atoms with Crippen LogP contribution in [0.1, 0.15) is 45.4 Å². The third-order valence-corrected chi connectivity index (χ3v) is 9.99. The lowest BCUT2D eigenvalue weighted by Gasteiger charge is -2.30. The minimum Gasteiger partial charge on any atom is -0.468 e. The molecule has 1 saturated carbocycles. The fraction of sp³-hybridized carbons (Fsp3) is 0.652. The minimum absolute atomic E-state index is 0.344. The predicted molar refractivity (Wildman–Crippen MR) is 115 cm³/mol. The van der Waals surface area contributed by atoms with Gasteiger partial charge in [-0.2, -0.15) is 0 Å². The maximum absolute atomic E-state index is 12.7. The van der Waals surface area contributed by atoms with Crippen LogP contribution in [0.4, 0.5) is 0 Å². The van der Waals surface area contributed by atoms with Gasteiger partial charge in [-0.15, -0.1) is 0 Å². The second-order valence-electron chi connectivity index (χ2n) is 8.94. The van der Waals surface area contributed by atoms with E-state index in [4.69, 9.17) is 9.47 Å². The summed E-state index contributed by atoms with van der Waals surface area (Å²) in [5.74, 6) is -0.153. The van der Waals surface area contributed by atoms with Crippen molar-refractivity contribution in [2.45, 2.75) is 64.6 Å².